The molecule has 0 heterocycles. The summed E-state index contributed by atoms with van der Waals surface area (Å²) < 4.78 is 0. The minimum atomic E-state index is -0.0220. The van der Waals surface area contributed by atoms with Gasteiger partial charge >= 0.3 is 0 Å². The number of hydrogen-bond donors (Lipinski definition) is 1. The van der Waals surface area contributed by atoms with Crippen LogP contribution in [0.1, 0.15) is 31.2 Å². The van der Waals surface area contributed by atoms with Crippen LogP contribution in [0, 0.1) is 0 Å². The SMILES string of the molecule is CN(CC(=O)NCC1(c2ccccc2)CCCC1)CC(=O)N(C)C. The highest BCUT2D eigenvalue weighted by molar-refractivity contribution is 5.81. The summed E-state index contributed by atoms with van der Waals surface area (Å²) in [6.07, 6.45) is 4.66. The summed E-state index contributed by atoms with van der Waals surface area (Å²) in [4.78, 5) is 27.2. The maximum absolute atomic E-state index is 12.3. The first kappa shape index (κ1) is 18.5. The molecule has 1 saturated carbocycles. The molecule has 24 heavy (non-hydrogen) atoms. The average molecular weight is 331 g/mol. The molecule has 0 radical (unpaired) electrons. The second kappa shape index (κ2) is 8.29. The smallest absolute Gasteiger partial charge is 0.236 e. The summed E-state index contributed by atoms with van der Waals surface area (Å²) >= 11 is 0. The Balaban J connectivity index is 1.88. The molecule has 2 rings (SSSR count). The van der Waals surface area contributed by atoms with Gasteiger partial charge in [-0.3, -0.25) is 14.5 Å². The van der Waals surface area contributed by atoms with Crippen LogP contribution in [-0.2, 0) is 15.0 Å². The van der Waals surface area contributed by atoms with Crippen LogP contribution in [0.5, 0.6) is 0 Å². The van der Waals surface area contributed by atoms with Crippen LogP contribution < -0.4 is 5.32 Å². The van der Waals surface area contributed by atoms with E-state index in [-0.39, 0.29) is 30.3 Å². The van der Waals surface area contributed by atoms with Gasteiger partial charge in [0.05, 0.1) is 13.1 Å². The summed E-state index contributed by atoms with van der Waals surface area (Å²) in [6.45, 7) is 1.17. The van der Waals surface area contributed by atoms with Gasteiger partial charge in [-0.05, 0) is 25.5 Å². The molecular formula is C19H29N3O2. The molecule has 0 unspecified atom stereocenters. The van der Waals surface area contributed by atoms with E-state index in [4.69, 9.17) is 0 Å². The van der Waals surface area contributed by atoms with E-state index < -0.39 is 0 Å². The molecule has 1 aromatic carbocycles. The number of benzene rings is 1. The number of likely N-dealkylation sites (N-methyl/N-ethyl adjacent to an activating group) is 2. The topological polar surface area (TPSA) is 52.7 Å². The molecule has 0 aliphatic heterocycles. The molecule has 5 heteroatoms. The standard InChI is InChI=1S/C19H29N3O2/c1-21(2)18(24)14-22(3)13-17(23)20-15-19(11-7-8-12-19)16-9-5-4-6-10-16/h4-6,9-10H,7-8,11-15H2,1-3H3,(H,20,23). The minimum Gasteiger partial charge on any atom is -0.354 e. The van der Waals surface area contributed by atoms with E-state index in [0.717, 1.165) is 12.8 Å². The van der Waals surface area contributed by atoms with E-state index in [0.29, 0.717) is 6.54 Å². The number of carbonyl (C=O) groups is 2. The van der Waals surface area contributed by atoms with Gasteiger partial charge in [0.25, 0.3) is 0 Å². The molecule has 5 nitrogen and oxygen atoms in total. The molecule has 132 valence electrons. The third-order valence-electron chi connectivity index (χ3n) is 4.89. The second-order valence-corrected chi connectivity index (χ2v) is 7.09. The van der Waals surface area contributed by atoms with Gasteiger partial charge in [-0.15, -0.1) is 0 Å². The fourth-order valence-electron chi connectivity index (χ4n) is 3.41. The molecular weight excluding hydrogens is 302 g/mol. The zero-order valence-electron chi connectivity index (χ0n) is 15.0. The van der Waals surface area contributed by atoms with Crippen LogP contribution in [0.3, 0.4) is 0 Å². The van der Waals surface area contributed by atoms with E-state index in [9.17, 15) is 9.59 Å². The average Bonchev–Trinajstić information content (AvgIpc) is 3.03. The summed E-state index contributed by atoms with van der Waals surface area (Å²) in [5, 5.41) is 3.09. The molecule has 1 aliphatic carbocycles. The van der Waals surface area contributed by atoms with Gasteiger partial charge in [-0.25, -0.2) is 0 Å². The lowest BCUT2D eigenvalue weighted by Crippen LogP contribution is -2.44. The van der Waals surface area contributed by atoms with Crippen molar-refractivity contribution in [2.45, 2.75) is 31.1 Å². The van der Waals surface area contributed by atoms with Crippen molar-refractivity contribution in [3.63, 3.8) is 0 Å². The van der Waals surface area contributed by atoms with Crippen molar-refractivity contribution in [1.82, 2.24) is 15.1 Å². The first-order chi connectivity index (χ1) is 11.4. The zero-order chi connectivity index (χ0) is 17.6. The Morgan fingerprint density at radius 2 is 1.67 bits per heavy atom. The van der Waals surface area contributed by atoms with Crippen LogP contribution in [-0.4, -0.2) is 62.4 Å². The van der Waals surface area contributed by atoms with Gasteiger partial charge in [0.15, 0.2) is 0 Å². The number of nitrogens with zero attached hydrogens (tertiary/aromatic N) is 2. The van der Waals surface area contributed by atoms with Gasteiger partial charge in [0.1, 0.15) is 0 Å². The quantitative estimate of drug-likeness (QED) is 0.826. The normalized spacial score (nSPS) is 16.2. The molecule has 0 aromatic heterocycles. The van der Waals surface area contributed by atoms with Crippen LogP contribution in [0.25, 0.3) is 0 Å². The second-order valence-electron chi connectivity index (χ2n) is 7.09. The lowest BCUT2D eigenvalue weighted by molar-refractivity contribution is -0.130. The van der Waals surface area contributed by atoms with E-state index in [1.54, 1.807) is 26.0 Å². The highest BCUT2D eigenvalue weighted by Gasteiger charge is 2.35. The van der Waals surface area contributed by atoms with Gasteiger partial charge in [-0.2, -0.15) is 0 Å². The molecule has 1 fully saturated rings. The van der Waals surface area contributed by atoms with Crippen molar-refractivity contribution in [2.75, 3.05) is 40.8 Å². The van der Waals surface area contributed by atoms with Crippen molar-refractivity contribution in [2.24, 2.45) is 0 Å². The molecule has 0 spiro atoms. The van der Waals surface area contributed by atoms with E-state index in [1.807, 2.05) is 6.07 Å². The maximum Gasteiger partial charge on any atom is 0.236 e. The highest BCUT2D eigenvalue weighted by Crippen LogP contribution is 2.40. The molecule has 1 aromatic rings. The number of carbonyl (C=O) groups excluding carboxylic acids is 2. The minimum absolute atomic E-state index is 0.00171. The summed E-state index contributed by atoms with van der Waals surface area (Å²) in [7, 11) is 5.24. The Labute approximate surface area is 145 Å². The fraction of sp³-hybridized carbons (Fsp3) is 0.579. The molecule has 0 saturated heterocycles. The monoisotopic (exact) mass is 331 g/mol. The fourth-order valence-corrected chi connectivity index (χ4v) is 3.41. The van der Waals surface area contributed by atoms with Crippen LogP contribution >= 0.6 is 0 Å². The largest absolute Gasteiger partial charge is 0.354 e. The van der Waals surface area contributed by atoms with Crippen molar-refractivity contribution in [1.29, 1.82) is 0 Å². The lowest BCUT2D eigenvalue weighted by atomic mass is 9.79. The number of rotatable bonds is 7. The Hall–Kier alpha value is -1.88. The van der Waals surface area contributed by atoms with Gasteiger partial charge in [-0.1, -0.05) is 43.2 Å². The van der Waals surface area contributed by atoms with Gasteiger partial charge in [0.2, 0.25) is 11.8 Å². The van der Waals surface area contributed by atoms with Crippen LogP contribution in [0.15, 0.2) is 30.3 Å². The van der Waals surface area contributed by atoms with Crippen molar-refractivity contribution in [3.8, 4) is 0 Å². The summed E-state index contributed by atoms with van der Waals surface area (Å²) in [5.74, 6) is -0.0203. The third-order valence-corrected chi connectivity index (χ3v) is 4.89. The Kier molecular flexibility index (Phi) is 6.37. The zero-order valence-corrected chi connectivity index (χ0v) is 15.0. The van der Waals surface area contributed by atoms with Gasteiger partial charge in [0, 0.05) is 26.1 Å². The van der Waals surface area contributed by atoms with Crippen molar-refractivity contribution < 1.29 is 9.59 Å². The van der Waals surface area contributed by atoms with Gasteiger partial charge < -0.3 is 10.2 Å². The molecule has 1 N–H and O–H groups in total. The van der Waals surface area contributed by atoms with Crippen molar-refractivity contribution >= 4 is 11.8 Å². The number of amides is 2. The Bertz CT molecular complexity index is 551. The molecule has 2 amide bonds. The molecule has 0 atom stereocenters. The Morgan fingerprint density at radius 3 is 2.25 bits per heavy atom. The van der Waals surface area contributed by atoms with Crippen LogP contribution in [0.4, 0.5) is 0 Å². The highest BCUT2D eigenvalue weighted by atomic mass is 16.2. The third kappa shape index (κ3) is 4.81. The first-order valence-corrected chi connectivity index (χ1v) is 8.64. The summed E-state index contributed by atoms with van der Waals surface area (Å²) in [5.41, 5.74) is 1.38. The van der Waals surface area contributed by atoms with Crippen molar-refractivity contribution in [3.05, 3.63) is 35.9 Å². The predicted molar refractivity (Wildman–Crippen MR) is 95.8 cm³/mol. The van der Waals surface area contributed by atoms with E-state index in [2.05, 4.69) is 29.6 Å². The summed E-state index contributed by atoms with van der Waals surface area (Å²) in [6, 6.07) is 10.5. The van der Waals surface area contributed by atoms with E-state index >= 15 is 0 Å². The number of hydrogen-bond acceptors (Lipinski definition) is 3. The lowest BCUT2D eigenvalue weighted by Gasteiger charge is -2.30. The molecule has 0 bridgehead atoms. The first-order valence-electron chi connectivity index (χ1n) is 8.64. The van der Waals surface area contributed by atoms with Crippen LogP contribution in [0.2, 0.25) is 0 Å². The predicted octanol–water partition coefficient (Wildman–Crippen LogP) is 1.63. The van der Waals surface area contributed by atoms with E-state index in [1.165, 1.54) is 23.3 Å². The molecule has 1 aliphatic rings. The number of nitrogens with one attached hydrogen (secondary N) is 1. The maximum atomic E-state index is 12.3. The Morgan fingerprint density at radius 1 is 1.04 bits per heavy atom.